The molecule has 1 aromatic carbocycles. The summed E-state index contributed by atoms with van der Waals surface area (Å²) in [5, 5.41) is 18.8. The van der Waals surface area contributed by atoms with Gasteiger partial charge in [-0.15, -0.1) is 0 Å². The molecule has 3 rings (SSSR count). The smallest absolute Gasteiger partial charge is 0.305 e. The Morgan fingerprint density at radius 3 is 2.73 bits per heavy atom. The molecule has 0 radical (unpaired) electrons. The first kappa shape index (κ1) is 14.5. The predicted molar refractivity (Wildman–Crippen MR) is 75.0 cm³/mol. The molecule has 0 saturated heterocycles. The van der Waals surface area contributed by atoms with E-state index in [1.807, 2.05) is 0 Å². The Kier molecular flexibility index (Phi) is 3.33. The van der Waals surface area contributed by atoms with Crippen LogP contribution in [-0.2, 0) is 9.53 Å². The van der Waals surface area contributed by atoms with Crippen LogP contribution in [0.1, 0.15) is 40.5 Å². The Labute approximate surface area is 126 Å². The molecule has 114 valence electrons. The van der Waals surface area contributed by atoms with Crippen molar-refractivity contribution in [1.29, 1.82) is 0 Å². The fourth-order valence-electron chi connectivity index (χ4n) is 3.10. The van der Waals surface area contributed by atoms with Crippen molar-refractivity contribution in [3.05, 3.63) is 40.5 Å². The second kappa shape index (κ2) is 5.06. The topological polar surface area (TPSA) is 101 Å². The summed E-state index contributed by atoms with van der Waals surface area (Å²) in [6.07, 6.45) is -1.49. The monoisotopic (exact) mass is 302 g/mol. The molecule has 1 aliphatic carbocycles. The number of phenols is 1. The number of fused-ring (bicyclic) bond motifs is 1. The van der Waals surface area contributed by atoms with Crippen molar-refractivity contribution >= 4 is 17.5 Å². The predicted octanol–water partition coefficient (Wildman–Crippen LogP) is 1.72. The molecule has 0 amide bonds. The molecule has 0 bridgehead atoms. The van der Waals surface area contributed by atoms with Crippen LogP contribution in [0.4, 0.5) is 0 Å². The maximum absolute atomic E-state index is 12.6. The van der Waals surface area contributed by atoms with Gasteiger partial charge in [0.2, 0.25) is 0 Å². The van der Waals surface area contributed by atoms with E-state index in [2.05, 4.69) is 0 Å². The lowest BCUT2D eigenvalue weighted by Crippen LogP contribution is -2.38. The summed E-state index contributed by atoms with van der Waals surface area (Å²) in [5.41, 5.74) is 0.680. The molecule has 2 atom stereocenters. The average Bonchev–Trinajstić information content (AvgIpc) is 2.43. The SMILES string of the molecule is C[C@H]1O[C@@H](CC(=O)O)CC2=C1C(=O)c1cccc(O)c1C2=O. The zero-order valence-electron chi connectivity index (χ0n) is 11.8. The van der Waals surface area contributed by atoms with Gasteiger partial charge in [0.05, 0.1) is 24.2 Å². The van der Waals surface area contributed by atoms with Gasteiger partial charge in [-0.2, -0.15) is 0 Å². The number of carboxylic acid groups (broad SMARTS) is 1. The highest BCUT2D eigenvalue weighted by molar-refractivity contribution is 6.28. The zero-order valence-corrected chi connectivity index (χ0v) is 11.8. The number of aliphatic carboxylic acids is 1. The minimum Gasteiger partial charge on any atom is -0.507 e. The molecule has 6 heteroatoms. The van der Waals surface area contributed by atoms with E-state index in [0.717, 1.165) is 0 Å². The van der Waals surface area contributed by atoms with E-state index in [-0.39, 0.29) is 46.6 Å². The Bertz CT molecular complexity index is 730. The molecule has 2 N–H and O–H groups in total. The molecular weight excluding hydrogens is 288 g/mol. The van der Waals surface area contributed by atoms with E-state index < -0.39 is 24.0 Å². The molecule has 2 aliphatic rings. The van der Waals surface area contributed by atoms with E-state index >= 15 is 0 Å². The minimum absolute atomic E-state index is 0.00516. The maximum atomic E-state index is 12.6. The highest BCUT2D eigenvalue weighted by Crippen LogP contribution is 2.39. The lowest BCUT2D eigenvalue weighted by atomic mass is 9.78. The fourth-order valence-corrected chi connectivity index (χ4v) is 3.10. The third-order valence-electron chi connectivity index (χ3n) is 4.00. The number of hydrogen-bond donors (Lipinski definition) is 2. The summed E-state index contributed by atoms with van der Waals surface area (Å²) in [5.74, 6) is -2.04. The fraction of sp³-hybridized carbons (Fsp3) is 0.312. The molecule has 0 unspecified atom stereocenters. The Morgan fingerprint density at radius 1 is 1.32 bits per heavy atom. The first-order valence-electron chi connectivity index (χ1n) is 6.91. The number of aromatic hydroxyl groups is 1. The van der Waals surface area contributed by atoms with E-state index in [9.17, 15) is 19.5 Å². The van der Waals surface area contributed by atoms with Crippen LogP contribution < -0.4 is 0 Å². The number of carbonyl (C=O) groups excluding carboxylic acids is 2. The van der Waals surface area contributed by atoms with Gasteiger partial charge in [-0.25, -0.2) is 0 Å². The summed E-state index contributed by atoms with van der Waals surface area (Å²) >= 11 is 0. The van der Waals surface area contributed by atoms with Crippen molar-refractivity contribution in [3.8, 4) is 5.75 Å². The van der Waals surface area contributed by atoms with Crippen LogP contribution in [0, 0.1) is 0 Å². The number of phenolic OH excluding ortho intramolecular Hbond substituents is 1. The van der Waals surface area contributed by atoms with Gasteiger partial charge in [0, 0.05) is 23.1 Å². The molecule has 22 heavy (non-hydrogen) atoms. The number of rotatable bonds is 2. The summed E-state index contributed by atoms with van der Waals surface area (Å²) < 4.78 is 5.56. The van der Waals surface area contributed by atoms with Gasteiger partial charge in [-0.3, -0.25) is 14.4 Å². The summed E-state index contributed by atoms with van der Waals surface area (Å²) in [6.45, 7) is 1.63. The quantitative estimate of drug-likeness (QED) is 0.862. The van der Waals surface area contributed by atoms with Gasteiger partial charge in [-0.05, 0) is 13.0 Å². The van der Waals surface area contributed by atoms with Crippen LogP contribution in [0.5, 0.6) is 5.75 Å². The van der Waals surface area contributed by atoms with Gasteiger partial charge in [-0.1, -0.05) is 12.1 Å². The van der Waals surface area contributed by atoms with Crippen molar-refractivity contribution in [2.75, 3.05) is 0 Å². The lowest BCUT2D eigenvalue weighted by Gasteiger charge is -2.33. The second-order valence-electron chi connectivity index (χ2n) is 5.45. The highest BCUT2D eigenvalue weighted by atomic mass is 16.5. The van der Waals surface area contributed by atoms with Gasteiger partial charge < -0.3 is 14.9 Å². The Balaban J connectivity index is 2.08. The van der Waals surface area contributed by atoms with Crippen molar-refractivity contribution in [2.24, 2.45) is 0 Å². The van der Waals surface area contributed by atoms with Crippen molar-refractivity contribution in [1.82, 2.24) is 0 Å². The van der Waals surface area contributed by atoms with Crippen LogP contribution in [-0.4, -0.2) is 40.0 Å². The number of Topliss-reactive ketones (excluding diaryl/α,β-unsaturated/α-hetero) is 2. The number of ketones is 2. The molecular formula is C16H14O6. The van der Waals surface area contributed by atoms with Crippen LogP contribution in [0.25, 0.3) is 0 Å². The molecule has 0 fully saturated rings. The van der Waals surface area contributed by atoms with Crippen molar-refractivity contribution in [2.45, 2.75) is 32.0 Å². The minimum atomic E-state index is -1.03. The summed E-state index contributed by atoms with van der Waals surface area (Å²) in [7, 11) is 0. The normalized spacial score (nSPS) is 24.0. The Hall–Kier alpha value is -2.47. The molecule has 6 nitrogen and oxygen atoms in total. The molecule has 1 aromatic rings. The second-order valence-corrected chi connectivity index (χ2v) is 5.45. The van der Waals surface area contributed by atoms with E-state index in [0.29, 0.717) is 0 Å². The van der Waals surface area contributed by atoms with Gasteiger partial charge >= 0.3 is 5.97 Å². The van der Waals surface area contributed by atoms with Gasteiger partial charge in [0.1, 0.15) is 5.75 Å². The average molecular weight is 302 g/mol. The largest absolute Gasteiger partial charge is 0.507 e. The van der Waals surface area contributed by atoms with E-state index in [4.69, 9.17) is 9.84 Å². The zero-order chi connectivity index (χ0) is 16.0. The number of ether oxygens (including phenoxy) is 1. The summed E-state index contributed by atoms with van der Waals surface area (Å²) in [6, 6.07) is 4.36. The van der Waals surface area contributed by atoms with Crippen molar-refractivity contribution < 1.29 is 29.3 Å². The molecule has 1 aliphatic heterocycles. The molecule has 0 aromatic heterocycles. The number of carbonyl (C=O) groups is 3. The molecule has 1 heterocycles. The standard InChI is InChI=1S/C16H14O6/c1-7-13-10(5-8(22-7)6-12(18)19)16(21)14-9(15(13)20)3-2-4-11(14)17/h2-4,7-8,17H,5-6H2,1H3,(H,18,19)/t7-,8-/m1/s1. The third-order valence-corrected chi connectivity index (χ3v) is 4.00. The number of carboxylic acids is 1. The first-order valence-corrected chi connectivity index (χ1v) is 6.91. The third kappa shape index (κ3) is 2.12. The first-order chi connectivity index (χ1) is 10.4. The lowest BCUT2D eigenvalue weighted by molar-refractivity contribution is -0.141. The van der Waals surface area contributed by atoms with E-state index in [1.54, 1.807) is 6.92 Å². The highest BCUT2D eigenvalue weighted by Gasteiger charge is 2.41. The van der Waals surface area contributed by atoms with Crippen LogP contribution >= 0.6 is 0 Å². The number of hydrogen-bond acceptors (Lipinski definition) is 5. The van der Waals surface area contributed by atoms with Gasteiger partial charge in [0.25, 0.3) is 0 Å². The summed E-state index contributed by atoms with van der Waals surface area (Å²) in [4.78, 5) is 36.0. The van der Waals surface area contributed by atoms with Crippen LogP contribution in [0.2, 0.25) is 0 Å². The Morgan fingerprint density at radius 2 is 2.05 bits per heavy atom. The maximum Gasteiger partial charge on any atom is 0.305 e. The van der Waals surface area contributed by atoms with Crippen LogP contribution in [0.15, 0.2) is 29.3 Å². The van der Waals surface area contributed by atoms with E-state index in [1.165, 1.54) is 18.2 Å². The van der Waals surface area contributed by atoms with Gasteiger partial charge in [0.15, 0.2) is 11.6 Å². The molecule has 0 saturated carbocycles. The number of benzene rings is 1. The van der Waals surface area contributed by atoms with Crippen LogP contribution in [0.3, 0.4) is 0 Å². The van der Waals surface area contributed by atoms with Crippen molar-refractivity contribution in [3.63, 3.8) is 0 Å². The molecule has 0 spiro atoms.